The zero-order valence-electron chi connectivity index (χ0n) is 40.9. The molecule has 30 atom stereocenters. The van der Waals surface area contributed by atoms with E-state index in [0.717, 1.165) is 20.8 Å². The number of carbonyl (C=O) groups is 3. The van der Waals surface area contributed by atoms with E-state index in [4.69, 9.17) is 52.1 Å². The van der Waals surface area contributed by atoms with E-state index in [9.17, 15) is 101 Å². The first kappa shape index (κ1) is 62.5. The normalized spacial score (nSPS) is 48.2. The number of rotatable bonds is 19. The Kier molecular flexibility index (Phi) is 22.3. The molecule has 0 spiro atoms. The summed E-state index contributed by atoms with van der Waals surface area (Å²) in [6.07, 6.45) is -50.6. The van der Waals surface area contributed by atoms with E-state index < -0.39 is 241 Å². The summed E-state index contributed by atoms with van der Waals surface area (Å²) in [5, 5.41) is 190. The van der Waals surface area contributed by atoms with Crippen LogP contribution < -0.4 is 16.0 Å². The molecule has 6 rings (SSSR count). The molecule has 6 fully saturated rings. The first-order valence-electron chi connectivity index (χ1n) is 24.1. The minimum atomic E-state index is -2.25. The first-order chi connectivity index (χ1) is 35.9. The molecule has 76 heavy (non-hydrogen) atoms. The number of carbonyl (C=O) groups excluding carboxylic acids is 3. The van der Waals surface area contributed by atoms with Gasteiger partial charge in [0.05, 0.1) is 39.6 Å². The number of ether oxygens (including phenoxy) is 11. The zero-order chi connectivity index (χ0) is 56.2. The Labute approximate surface area is 431 Å². The Morgan fingerprint density at radius 3 is 1.01 bits per heavy atom. The number of nitrogens with one attached hydrogen (secondary N) is 3. The highest BCUT2D eigenvalue weighted by atomic mass is 16.8. The Bertz CT molecular complexity index is 1870. The maximum atomic E-state index is 12.5. The van der Waals surface area contributed by atoms with Gasteiger partial charge in [-0.2, -0.15) is 0 Å². The molecule has 0 aromatic rings. The second-order valence-corrected chi connectivity index (χ2v) is 19.0. The van der Waals surface area contributed by atoms with E-state index in [1.54, 1.807) is 0 Å². The van der Waals surface area contributed by atoms with Crippen LogP contribution in [0.2, 0.25) is 0 Å². The molecule has 0 radical (unpaired) electrons. The molecule has 0 aromatic carbocycles. The van der Waals surface area contributed by atoms with E-state index >= 15 is 0 Å². The van der Waals surface area contributed by atoms with Gasteiger partial charge in [-0.3, -0.25) is 14.4 Å². The van der Waals surface area contributed by atoms with Crippen LogP contribution in [0.5, 0.6) is 0 Å². The monoisotopic (exact) mass is 1110 g/mol. The molecule has 6 aliphatic rings. The molecule has 0 bridgehead atoms. The first-order valence-corrected chi connectivity index (χ1v) is 24.1. The van der Waals surface area contributed by atoms with Gasteiger partial charge in [-0.05, 0) is 0 Å². The second kappa shape index (κ2) is 27.2. The third-order valence-electron chi connectivity index (χ3n) is 13.6. The van der Waals surface area contributed by atoms with Gasteiger partial charge in [-0.1, -0.05) is 0 Å². The van der Waals surface area contributed by atoms with Crippen LogP contribution in [0.25, 0.3) is 0 Å². The van der Waals surface area contributed by atoms with Gasteiger partial charge < -0.3 is 155 Å². The topological polar surface area (TPSA) is 533 Å². The summed E-state index contributed by atoms with van der Waals surface area (Å²) < 4.78 is 62.9. The summed E-state index contributed by atoms with van der Waals surface area (Å²) in [4.78, 5) is 36.7. The van der Waals surface area contributed by atoms with E-state index in [1.165, 1.54) is 0 Å². The number of hydrogen-bond acceptors (Lipinski definition) is 31. The fraction of sp³-hybridized carbons (Fsp3) is 0.929. The maximum Gasteiger partial charge on any atom is 0.217 e. The lowest BCUT2D eigenvalue weighted by molar-refractivity contribution is -0.388. The van der Waals surface area contributed by atoms with Gasteiger partial charge in [-0.25, -0.2) is 0 Å². The summed E-state index contributed by atoms with van der Waals surface area (Å²) in [5.41, 5.74) is 0. The fourth-order valence-corrected chi connectivity index (χ4v) is 9.73. The highest BCUT2D eigenvalue weighted by Gasteiger charge is 2.58. The predicted octanol–water partition coefficient (Wildman–Crippen LogP) is -13.7. The van der Waals surface area contributed by atoms with Gasteiger partial charge in [0.1, 0.15) is 146 Å². The van der Waals surface area contributed by atoms with Crippen molar-refractivity contribution in [1.82, 2.24) is 16.0 Å². The lowest BCUT2D eigenvalue weighted by Crippen LogP contribution is -2.70. The van der Waals surface area contributed by atoms with Crippen LogP contribution in [-0.4, -0.2) is 328 Å². The van der Waals surface area contributed by atoms with Crippen LogP contribution in [0, 0.1) is 0 Å². The van der Waals surface area contributed by atoms with Gasteiger partial charge in [-0.15, -0.1) is 0 Å². The van der Waals surface area contributed by atoms with Crippen molar-refractivity contribution in [1.29, 1.82) is 0 Å². The van der Waals surface area contributed by atoms with Crippen LogP contribution >= 0.6 is 0 Å². The molecule has 20 N–H and O–H groups in total. The molecule has 0 unspecified atom stereocenters. The van der Waals surface area contributed by atoms with Crippen molar-refractivity contribution in [2.45, 2.75) is 205 Å². The molecule has 34 heteroatoms. The molecule has 6 saturated heterocycles. The van der Waals surface area contributed by atoms with Crippen molar-refractivity contribution in [2.75, 3.05) is 39.6 Å². The minimum Gasteiger partial charge on any atom is -0.394 e. The lowest BCUT2D eigenvalue weighted by atomic mass is 9.93. The smallest absolute Gasteiger partial charge is 0.217 e. The molecule has 0 saturated carbocycles. The van der Waals surface area contributed by atoms with E-state index in [1.807, 2.05) is 0 Å². The molecule has 6 heterocycles. The Balaban J connectivity index is 1.17. The van der Waals surface area contributed by atoms with Crippen molar-refractivity contribution in [3.8, 4) is 0 Å². The van der Waals surface area contributed by atoms with E-state index in [-0.39, 0.29) is 0 Å². The summed E-state index contributed by atoms with van der Waals surface area (Å²) in [5.74, 6) is -2.32. The van der Waals surface area contributed by atoms with Crippen LogP contribution in [0.15, 0.2) is 0 Å². The highest BCUT2D eigenvalue weighted by molar-refractivity contribution is 5.74. The number of amides is 3. The Morgan fingerprint density at radius 2 is 0.605 bits per heavy atom. The van der Waals surface area contributed by atoms with Crippen LogP contribution in [-0.2, 0) is 66.5 Å². The van der Waals surface area contributed by atoms with E-state index in [2.05, 4.69) is 16.0 Å². The highest BCUT2D eigenvalue weighted by Crippen LogP contribution is 2.37. The third kappa shape index (κ3) is 13.5. The van der Waals surface area contributed by atoms with Crippen molar-refractivity contribution >= 4 is 17.7 Å². The van der Waals surface area contributed by atoms with Crippen molar-refractivity contribution in [3.63, 3.8) is 0 Å². The van der Waals surface area contributed by atoms with Gasteiger partial charge >= 0.3 is 0 Å². The quantitative estimate of drug-likeness (QED) is 0.0571. The van der Waals surface area contributed by atoms with Crippen molar-refractivity contribution < 1.29 is 153 Å². The van der Waals surface area contributed by atoms with Gasteiger partial charge in [0.2, 0.25) is 17.7 Å². The molecule has 440 valence electrons. The largest absolute Gasteiger partial charge is 0.394 e. The molecule has 0 aromatic heterocycles. The average molecular weight is 1110 g/mol. The predicted molar refractivity (Wildman–Crippen MR) is 234 cm³/mol. The van der Waals surface area contributed by atoms with Crippen LogP contribution in [0.1, 0.15) is 20.8 Å². The Morgan fingerprint density at radius 1 is 0.316 bits per heavy atom. The van der Waals surface area contributed by atoms with Crippen LogP contribution in [0.3, 0.4) is 0 Å². The summed E-state index contributed by atoms with van der Waals surface area (Å²) in [6, 6.07) is -4.91. The second-order valence-electron chi connectivity index (χ2n) is 19.0. The molecule has 3 amide bonds. The Hall–Kier alpha value is -2.71. The summed E-state index contributed by atoms with van der Waals surface area (Å²) >= 11 is 0. The lowest BCUT2D eigenvalue weighted by Gasteiger charge is -2.50. The molecule has 0 aliphatic carbocycles. The van der Waals surface area contributed by atoms with Gasteiger partial charge in [0, 0.05) is 20.8 Å². The number of aliphatic hydroxyl groups excluding tert-OH is 17. The summed E-state index contributed by atoms with van der Waals surface area (Å²) in [6.45, 7) is -2.66. The zero-order valence-corrected chi connectivity index (χ0v) is 40.9. The maximum absolute atomic E-state index is 12.5. The van der Waals surface area contributed by atoms with Crippen LogP contribution in [0.4, 0.5) is 0 Å². The van der Waals surface area contributed by atoms with Crippen molar-refractivity contribution in [2.24, 2.45) is 0 Å². The standard InChI is InChI=1S/C42H71N3O31/c1-10(52)43-19-24(57)32(15(6-48)66-37(19)65)72-38-20(44-11(2)53)26(59)34(17(8-50)69-38)75-42-31(64)36(23(56)14(5-47)68-42)76-41-30(63)28(61)35(18(9-51)71-41)73-39-21(45-12(3)54)25(58)33(16(7-49)70-39)74-40-29(62)27(60)22(55)13(4-46)67-40/h13-42,46-51,55-65H,4-9H2,1-3H3,(H,43,52)(H,44,53)(H,45,54)/t13-,14-,15-,16-,17-,18-,19-,20-,21-,22+,23-,24-,25-,26-,27+,28-,29-,30+,31+,32-,33-,34-,35-,36+,37-,38+,39+,40+,41-,42+/m1/s1. The SMILES string of the molecule is CC(=O)N[C@@H]1[C@@H](O)[C@H](O[C@@H]2O[C@H](CO)[C@@H](O[C@@H]3O[C@H](CO)[C@@H](O)[C@H](O[C@H]4O[C@H](CO)[C@@H](O[C@@H]5O[C@H](CO)[C@@H](O[C@@H]6O[C@H](CO)[C@H](O)[C@H](O)[C@H]6O)[C@H](O)[C@H]5NC(C)=O)[C@H](O)[C@@H]4O)[C@@H]3O)[C@H](O)[C@H]2NC(C)=O)[C@@H](CO)O[C@H]1O. The fourth-order valence-electron chi connectivity index (χ4n) is 9.73. The molecule has 34 nitrogen and oxygen atoms in total. The average Bonchev–Trinajstić information content (AvgIpc) is 3.38. The van der Waals surface area contributed by atoms with Gasteiger partial charge in [0.15, 0.2) is 37.7 Å². The summed E-state index contributed by atoms with van der Waals surface area (Å²) in [7, 11) is 0. The number of hydrogen-bond donors (Lipinski definition) is 20. The molecule has 6 aliphatic heterocycles. The molecular weight excluding hydrogens is 1040 g/mol. The van der Waals surface area contributed by atoms with Gasteiger partial charge in [0.25, 0.3) is 0 Å². The van der Waals surface area contributed by atoms with Crippen molar-refractivity contribution in [3.05, 3.63) is 0 Å². The molecular formula is C42H71N3O31. The number of aliphatic hydroxyl groups is 17. The van der Waals surface area contributed by atoms with E-state index in [0.29, 0.717) is 0 Å². The third-order valence-corrected chi connectivity index (χ3v) is 13.6. The minimum absolute atomic E-state index is 0.702.